The van der Waals surface area contributed by atoms with Crippen LogP contribution in [0.15, 0.2) is 58.4 Å². The molecule has 2 aromatic carbocycles. The topological polar surface area (TPSA) is 50.7 Å². The molecule has 3 rings (SSSR count). The molecule has 23 heavy (non-hydrogen) atoms. The lowest BCUT2D eigenvalue weighted by atomic mass is 10.2. The van der Waals surface area contributed by atoms with Crippen LogP contribution in [-0.4, -0.2) is 18.2 Å². The van der Waals surface area contributed by atoms with Gasteiger partial charge in [0.1, 0.15) is 5.75 Å². The smallest absolute Gasteiger partial charge is 0.264 e. The zero-order valence-electron chi connectivity index (χ0n) is 12.9. The first-order valence-electron chi connectivity index (χ1n) is 7.14. The Balaban J connectivity index is 1.83. The molecule has 0 atom stereocenters. The van der Waals surface area contributed by atoms with E-state index in [1.54, 1.807) is 7.11 Å². The van der Waals surface area contributed by atoms with Gasteiger partial charge in [-0.05, 0) is 60.2 Å². The van der Waals surface area contributed by atoms with Gasteiger partial charge in [0.2, 0.25) is 0 Å². The SMILES string of the molecule is COc1cccc(/C=C2\SC(=Nc3cccc(C)c3)NC2=O)c1. The summed E-state index contributed by atoms with van der Waals surface area (Å²) >= 11 is 1.34. The maximum atomic E-state index is 12.1. The fourth-order valence-corrected chi connectivity index (χ4v) is 3.02. The number of methoxy groups -OCH3 is 1. The molecule has 1 N–H and O–H groups in total. The third kappa shape index (κ3) is 3.81. The van der Waals surface area contributed by atoms with Gasteiger partial charge < -0.3 is 10.1 Å². The van der Waals surface area contributed by atoms with Gasteiger partial charge in [-0.15, -0.1) is 0 Å². The van der Waals surface area contributed by atoms with Crippen LogP contribution in [0.4, 0.5) is 5.69 Å². The van der Waals surface area contributed by atoms with Gasteiger partial charge in [-0.3, -0.25) is 4.79 Å². The molecule has 1 heterocycles. The van der Waals surface area contributed by atoms with Crippen LogP contribution in [0.1, 0.15) is 11.1 Å². The molecule has 2 aromatic rings. The van der Waals surface area contributed by atoms with Crippen molar-refractivity contribution in [2.75, 3.05) is 7.11 Å². The third-order valence-corrected chi connectivity index (χ3v) is 4.18. The minimum atomic E-state index is -0.135. The van der Waals surface area contributed by atoms with Crippen LogP contribution in [0.5, 0.6) is 5.75 Å². The number of aryl methyl sites for hydroxylation is 1. The van der Waals surface area contributed by atoms with E-state index in [9.17, 15) is 4.79 Å². The molecule has 1 aliphatic rings. The van der Waals surface area contributed by atoms with Crippen LogP contribution in [-0.2, 0) is 4.79 Å². The number of nitrogens with zero attached hydrogens (tertiary/aromatic N) is 1. The molecular formula is C18H16N2O2S. The number of aliphatic imine (C=N–C) groups is 1. The summed E-state index contributed by atoms with van der Waals surface area (Å²) in [5.74, 6) is 0.626. The van der Waals surface area contributed by atoms with Crippen molar-refractivity contribution in [3.63, 3.8) is 0 Å². The van der Waals surface area contributed by atoms with Crippen LogP contribution < -0.4 is 10.1 Å². The second-order valence-corrected chi connectivity index (χ2v) is 6.13. The van der Waals surface area contributed by atoms with E-state index in [4.69, 9.17) is 4.74 Å². The van der Waals surface area contributed by atoms with Gasteiger partial charge in [0.25, 0.3) is 5.91 Å². The Labute approximate surface area is 139 Å². The number of thioether (sulfide) groups is 1. The number of benzene rings is 2. The van der Waals surface area contributed by atoms with Crippen molar-refractivity contribution in [3.8, 4) is 5.75 Å². The Morgan fingerprint density at radius 3 is 2.78 bits per heavy atom. The zero-order chi connectivity index (χ0) is 16.2. The molecule has 1 fully saturated rings. The molecule has 1 saturated heterocycles. The molecule has 0 aromatic heterocycles. The molecule has 0 aliphatic carbocycles. The van der Waals surface area contributed by atoms with E-state index < -0.39 is 0 Å². The van der Waals surface area contributed by atoms with Gasteiger partial charge in [-0.1, -0.05) is 24.3 Å². The van der Waals surface area contributed by atoms with Gasteiger partial charge in [0.05, 0.1) is 17.7 Å². The fourth-order valence-electron chi connectivity index (χ4n) is 2.18. The van der Waals surface area contributed by atoms with E-state index in [1.807, 2.05) is 61.5 Å². The normalized spacial score (nSPS) is 17.6. The van der Waals surface area contributed by atoms with E-state index in [-0.39, 0.29) is 5.91 Å². The first-order valence-corrected chi connectivity index (χ1v) is 7.96. The molecule has 1 aliphatic heterocycles. The van der Waals surface area contributed by atoms with Crippen LogP contribution in [0, 0.1) is 6.92 Å². The zero-order valence-corrected chi connectivity index (χ0v) is 13.7. The van der Waals surface area contributed by atoms with Gasteiger partial charge in [0.15, 0.2) is 5.17 Å². The summed E-state index contributed by atoms with van der Waals surface area (Å²) in [4.78, 5) is 17.2. The minimum Gasteiger partial charge on any atom is -0.497 e. The highest BCUT2D eigenvalue weighted by molar-refractivity contribution is 8.18. The highest BCUT2D eigenvalue weighted by atomic mass is 32.2. The van der Waals surface area contributed by atoms with E-state index in [2.05, 4.69) is 10.3 Å². The summed E-state index contributed by atoms with van der Waals surface area (Å²) in [7, 11) is 1.62. The van der Waals surface area contributed by atoms with Crippen molar-refractivity contribution >= 4 is 34.6 Å². The Morgan fingerprint density at radius 2 is 2.00 bits per heavy atom. The predicted molar refractivity (Wildman–Crippen MR) is 95.0 cm³/mol. The highest BCUT2D eigenvalue weighted by Crippen LogP contribution is 2.28. The standard InChI is InChI=1S/C18H16N2O2S/c1-12-5-3-7-14(9-12)19-18-20-17(21)16(23-18)11-13-6-4-8-15(10-13)22-2/h3-11H,1-2H3,(H,19,20,21)/b16-11-. The number of hydrogen-bond acceptors (Lipinski definition) is 4. The molecule has 116 valence electrons. The average molecular weight is 324 g/mol. The Morgan fingerprint density at radius 1 is 1.17 bits per heavy atom. The summed E-state index contributed by atoms with van der Waals surface area (Å²) in [5.41, 5.74) is 2.88. The molecule has 5 heteroatoms. The average Bonchev–Trinajstić information content (AvgIpc) is 2.87. The Bertz CT molecular complexity index is 812. The van der Waals surface area contributed by atoms with Crippen molar-refractivity contribution < 1.29 is 9.53 Å². The van der Waals surface area contributed by atoms with Crippen LogP contribution in [0.3, 0.4) is 0 Å². The maximum Gasteiger partial charge on any atom is 0.264 e. The van der Waals surface area contributed by atoms with Crippen LogP contribution in [0.25, 0.3) is 6.08 Å². The number of amides is 1. The van der Waals surface area contributed by atoms with Crippen LogP contribution in [0.2, 0.25) is 0 Å². The lowest BCUT2D eigenvalue weighted by Crippen LogP contribution is -2.19. The Kier molecular flexibility index (Phi) is 4.48. The number of carbonyl (C=O) groups excluding carboxylic acids is 1. The lowest BCUT2D eigenvalue weighted by Gasteiger charge is -2.00. The molecule has 0 radical (unpaired) electrons. The first kappa shape index (κ1) is 15.4. The Hall–Kier alpha value is -2.53. The molecule has 1 amide bonds. The minimum absolute atomic E-state index is 0.135. The molecule has 0 saturated carbocycles. The molecular weight excluding hydrogens is 308 g/mol. The molecule has 0 unspecified atom stereocenters. The number of amidine groups is 1. The van der Waals surface area contributed by atoms with Gasteiger partial charge in [0, 0.05) is 0 Å². The third-order valence-electron chi connectivity index (χ3n) is 3.27. The second-order valence-electron chi connectivity index (χ2n) is 5.10. The molecule has 4 nitrogen and oxygen atoms in total. The largest absolute Gasteiger partial charge is 0.497 e. The molecule has 0 spiro atoms. The quantitative estimate of drug-likeness (QED) is 0.871. The second kappa shape index (κ2) is 6.71. The summed E-state index contributed by atoms with van der Waals surface area (Å²) in [6.45, 7) is 2.01. The van der Waals surface area contributed by atoms with Crippen LogP contribution >= 0.6 is 11.8 Å². The monoisotopic (exact) mass is 324 g/mol. The molecule has 0 bridgehead atoms. The summed E-state index contributed by atoms with van der Waals surface area (Å²) in [5, 5.41) is 3.39. The number of nitrogens with one attached hydrogen (secondary N) is 1. The number of carbonyl (C=O) groups is 1. The summed E-state index contributed by atoms with van der Waals surface area (Å²) in [6.07, 6.45) is 1.83. The fraction of sp³-hybridized carbons (Fsp3) is 0.111. The van der Waals surface area contributed by atoms with E-state index in [0.717, 1.165) is 22.6 Å². The predicted octanol–water partition coefficient (Wildman–Crippen LogP) is 3.90. The summed E-state index contributed by atoms with van der Waals surface area (Å²) < 4.78 is 5.20. The van der Waals surface area contributed by atoms with E-state index in [0.29, 0.717) is 10.1 Å². The van der Waals surface area contributed by atoms with Gasteiger partial charge in [-0.25, -0.2) is 4.99 Å². The summed E-state index contributed by atoms with van der Waals surface area (Å²) in [6, 6.07) is 15.4. The van der Waals surface area contributed by atoms with Crippen molar-refractivity contribution in [2.24, 2.45) is 4.99 Å². The van der Waals surface area contributed by atoms with Crippen molar-refractivity contribution in [1.29, 1.82) is 0 Å². The maximum absolute atomic E-state index is 12.1. The first-order chi connectivity index (χ1) is 11.1. The highest BCUT2D eigenvalue weighted by Gasteiger charge is 2.23. The number of rotatable bonds is 3. The number of ether oxygens (including phenoxy) is 1. The van der Waals surface area contributed by atoms with E-state index >= 15 is 0 Å². The van der Waals surface area contributed by atoms with Crippen molar-refractivity contribution in [3.05, 3.63) is 64.6 Å². The van der Waals surface area contributed by atoms with Crippen molar-refractivity contribution in [2.45, 2.75) is 6.92 Å². The lowest BCUT2D eigenvalue weighted by molar-refractivity contribution is -0.115. The number of hydrogen-bond donors (Lipinski definition) is 1. The van der Waals surface area contributed by atoms with Gasteiger partial charge in [-0.2, -0.15) is 0 Å². The van der Waals surface area contributed by atoms with E-state index in [1.165, 1.54) is 11.8 Å². The van der Waals surface area contributed by atoms with Crippen molar-refractivity contribution in [1.82, 2.24) is 5.32 Å². The van der Waals surface area contributed by atoms with Gasteiger partial charge >= 0.3 is 0 Å².